The van der Waals surface area contributed by atoms with E-state index >= 15 is 0 Å². The van der Waals surface area contributed by atoms with Crippen molar-refractivity contribution in [1.82, 2.24) is 5.32 Å². The first kappa shape index (κ1) is 12.3. The van der Waals surface area contributed by atoms with Crippen LogP contribution < -0.4 is 10.1 Å². The van der Waals surface area contributed by atoms with E-state index in [4.69, 9.17) is 4.74 Å². The monoisotopic (exact) mass is 232 g/mol. The summed E-state index contributed by atoms with van der Waals surface area (Å²) in [5, 5.41) is 13.2. The maximum absolute atomic E-state index is 13.2. The van der Waals surface area contributed by atoms with E-state index in [0.717, 1.165) is 6.07 Å². The molecule has 0 bridgehead atoms. The van der Waals surface area contributed by atoms with Crippen molar-refractivity contribution in [3.8, 4) is 5.75 Å². The molecule has 0 aliphatic heterocycles. The number of nitro groups is 1. The number of nitrogens with zero attached hydrogens (tertiary/aromatic N) is 1. The van der Waals surface area contributed by atoms with Crippen LogP contribution >= 0.6 is 0 Å². The molecule has 0 spiro atoms. The van der Waals surface area contributed by atoms with Gasteiger partial charge in [-0.1, -0.05) is 0 Å². The molecule has 1 aromatic rings. The van der Waals surface area contributed by atoms with Crippen LogP contribution in [0.4, 0.5) is 14.5 Å². The van der Waals surface area contributed by atoms with Crippen molar-refractivity contribution in [3.63, 3.8) is 0 Å². The van der Waals surface area contributed by atoms with Crippen LogP contribution in [0.15, 0.2) is 12.1 Å². The molecular weight excluding hydrogens is 222 g/mol. The van der Waals surface area contributed by atoms with E-state index in [1.54, 1.807) is 7.05 Å². The molecule has 0 radical (unpaired) electrons. The predicted molar refractivity (Wildman–Crippen MR) is 52.4 cm³/mol. The first-order valence-electron chi connectivity index (χ1n) is 4.47. The van der Waals surface area contributed by atoms with Crippen molar-refractivity contribution in [2.45, 2.75) is 0 Å². The van der Waals surface area contributed by atoms with E-state index < -0.39 is 28.0 Å². The quantitative estimate of drug-likeness (QED) is 0.474. The van der Waals surface area contributed by atoms with Crippen molar-refractivity contribution in [2.24, 2.45) is 0 Å². The summed E-state index contributed by atoms with van der Waals surface area (Å²) in [4.78, 5) is 9.72. The highest BCUT2D eigenvalue weighted by Gasteiger charge is 2.22. The van der Waals surface area contributed by atoms with E-state index in [1.807, 2.05) is 0 Å². The highest BCUT2D eigenvalue weighted by atomic mass is 19.2. The van der Waals surface area contributed by atoms with Gasteiger partial charge < -0.3 is 10.1 Å². The number of halogens is 2. The van der Waals surface area contributed by atoms with Crippen molar-refractivity contribution < 1.29 is 18.4 Å². The summed E-state index contributed by atoms with van der Waals surface area (Å²) in [5.41, 5.74) is -0.588. The lowest BCUT2D eigenvalue weighted by atomic mass is 10.2. The van der Waals surface area contributed by atoms with Gasteiger partial charge >= 0.3 is 5.69 Å². The third-order valence-electron chi connectivity index (χ3n) is 1.82. The van der Waals surface area contributed by atoms with Gasteiger partial charge in [0.15, 0.2) is 5.82 Å². The first-order chi connectivity index (χ1) is 7.57. The molecule has 7 heteroatoms. The third-order valence-corrected chi connectivity index (χ3v) is 1.82. The fourth-order valence-corrected chi connectivity index (χ4v) is 1.06. The standard InChI is InChI=1S/C9H10F2N2O3/c1-12-4-5-16-9-7(13(14)15)3-2-6(10)8(9)11/h2-3,12H,4-5H2,1H3. The molecule has 0 atom stereocenters. The van der Waals surface area contributed by atoms with Gasteiger partial charge in [-0.25, -0.2) is 4.39 Å². The summed E-state index contributed by atoms with van der Waals surface area (Å²) in [5.74, 6) is -3.18. The van der Waals surface area contributed by atoms with Gasteiger partial charge in [0.2, 0.25) is 11.6 Å². The summed E-state index contributed by atoms with van der Waals surface area (Å²) in [6.45, 7) is 0.380. The Labute approximate surface area is 90.2 Å². The van der Waals surface area contributed by atoms with Gasteiger partial charge in [0.05, 0.1) is 4.92 Å². The second-order valence-electron chi connectivity index (χ2n) is 2.92. The number of rotatable bonds is 5. The molecule has 1 N–H and O–H groups in total. The van der Waals surface area contributed by atoms with Crippen molar-refractivity contribution in [1.29, 1.82) is 0 Å². The summed E-state index contributed by atoms with van der Waals surface area (Å²) >= 11 is 0. The van der Waals surface area contributed by atoms with Crippen molar-refractivity contribution in [3.05, 3.63) is 33.9 Å². The summed E-state index contributed by atoms with van der Waals surface area (Å²) in [7, 11) is 1.64. The smallest absolute Gasteiger partial charge is 0.314 e. The SMILES string of the molecule is CNCCOc1c([N+](=O)[O-])ccc(F)c1F. The van der Waals surface area contributed by atoms with Crippen LogP contribution in [-0.4, -0.2) is 25.1 Å². The number of ether oxygens (including phenoxy) is 1. The van der Waals surface area contributed by atoms with E-state index in [-0.39, 0.29) is 6.61 Å². The third kappa shape index (κ3) is 2.63. The van der Waals surface area contributed by atoms with Gasteiger partial charge in [0.1, 0.15) is 6.61 Å². The molecule has 0 aliphatic carbocycles. The topological polar surface area (TPSA) is 64.4 Å². The number of benzene rings is 1. The first-order valence-corrected chi connectivity index (χ1v) is 4.47. The molecule has 0 saturated carbocycles. The Bertz CT molecular complexity index is 399. The van der Waals surface area contributed by atoms with E-state index in [9.17, 15) is 18.9 Å². The largest absolute Gasteiger partial charge is 0.483 e. The minimum Gasteiger partial charge on any atom is -0.483 e. The summed E-state index contributed by atoms with van der Waals surface area (Å²) < 4.78 is 30.9. The Morgan fingerprint density at radius 1 is 1.50 bits per heavy atom. The molecule has 0 heterocycles. The second-order valence-corrected chi connectivity index (χ2v) is 2.92. The lowest BCUT2D eigenvalue weighted by Gasteiger charge is -2.07. The van der Waals surface area contributed by atoms with Gasteiger partial charge in [-0.2, -0.15) is 4.39 Å². The number of hydrogen-bond donors (Lipinski definition) is 1. The molecule has 0 fully saturated rings. The van der Waals surface area contributed by atoms with Crippen LogP contribution in [0.3, 0.4) is 0 Å². The normalized spacial score (nSPS) is 10.2. The number of hydrogen-bond acceptors (Lipinski definition) is 4. The van der Waals surface area contributed by atoms with Gasteiger partial charge in [0, 0.05) is 12.6 Å². The molecule has 88 valence electrons. The zero-order valence-electron chi connectivity index (χ0n) is 8.50. The van der Waals surface area contributed by atoms with Gasteiger partial charge in [-0.15, -0.1) is 0 Å². The molecule has 0 aromatic heterocycles. The molecule has 0 aliphatic rings. The molecule has 0 amide bonds. The summed E-state index contributed by atoms with van der Waals surface area (Å²) in [6.07, 6.45) is 0. The maximum atomic E-state index is 13.2. The van der Waals surface area contributed by atoms with Crippen LogP contribution in [0.25, 0.3) is 0 Å². The van der Waals surface area contributed by atoms with Crippen molar-refractivity contribution >= 4 is 5.69 Å². The molecule has 0 saturated heterocycles. The highest BCUT2D eigenvalue weighted by molar-refractivity contribution is 5.47. The van der Waals surface area contributed by atoms with Gasteiger partial charge in [-0.3, -0.25) is 10.1 Å². The average molecular weight is 232 g/mol. The Hall–Kier alpha value is -1.76. The zero-order valence-corrected chi connectivity index (χ0v) is 8.50. The Morgan fingerprint density at radius 3 is 2.75 bits per heavy atom. The average Bonchev–Trinajstić information content (AvgIpc) is 2.24. The van der Waals surface area contributed by atoms with Crippen LogP contribution in [0, 0.1) is 21.7 Å². The van der Waals surface area contributed by atoms with Gasteiger partial charge in [-0.05, 0) is 13.1 Å². The van der Waals surface area contributed by atoms with E-state index in [1.165, 1.54) is 0 Å². The van der Waals surface area contributed by atoms with Crippen LogP contribution in [0.1, 0.15) is 0 Å². The Kier molecular flexibility index (Phi) is 4.12. The maximum Gasteiger partial charge on any atom is 0.314 e. The lowest BCUT2D eigenvalue weighted by Crippen LogP contribution is -2.17. The van der Waals surface area contributed by atoms with E-state index in [2.05, 4.69) is 5.32 Å². The zero-order chi connectivity index (χ0) is 12.1. The molecule has 0 unspecified atom stereocenters. The predicted octanol–water partition coefficient (Wildman–Crippen LogP) is 1.47. The lowest BCUT2D eigenvalue weighted by molar-refractivity contribution is -0.386. The number of nitrogens with one attached hydrogen (secondary N) is 1. The fourth-order valence-electron chi connectivity index (χ4n) is 1.06. The van der Waals surface area contributed by atoms with Crippen LogP contribution in [0.2, 0.25) is 0 Å². The fraction of sp³-hybridized carbons (Fsp3) is 0.333. The second kappa shape index (κ2) is 5.36. The van der Waals surface area contributed by atoms with Gasteiger partial charge in [0.25, 0.3) is 0 Å². The number of nitro benzene ring substituents is 1. The molecule has 1 aromatic carbocycles. The minimum atomic E-state index is -1.34. The van der Waals surface area contributed by atoms with Crippen LogP contribution in [-0.2, 0) is 0 Å². The minimum absolute atomic E-state index is 0.0116. The number of likely N-dealkylation sites (N-methyl/N-ethyl adjacent to an activating group) is 1. The van der Waals surface area contributed by atoms with Crippen molar-refractivity contribution in [2.75, 3.05) is 20.2 Å². The Balaban J connectivity index is 3.01. The van der Waals surface area contributed by atoms with Crippen LogP contribution in [0.5, 0.6) is 5.75 Å². The molecule has 1 rings (SSSR count). The van der Waals surface area contributed by atoms with E-state index in [0.29, 0.717) is 12.6 Å². The summed E-state index contributed by atoms with van der Waals surface area (Å²) in [6, 6.07) is 1.56. The molecule has 16 heavy (non-hydrogen) atoms. The molecule has 5 nitrogen and oxygen atoms in total. The Morgan fingerprint density at radius 2 is 2.19 bits per heavy atom. The highest BCUT2D eigenvalue weighted by Crippen LogP contribution is 2.31. The molecular formula is C9H10F2N2O3.